The average Bonchev–Trinajstić information content (AvgIpc) is 3.26. The highest BCUT2D eigenvalue weighted by atomic mass is 16.5. The molecule has 0 unspecified atom stereocenters. The Labute approximate surface area is 201 Å². The number of carbonyl (C=O) groups is 2. The van der Waals surface area contributed by atoms with Gasteiger partial charge in [0.15, 0.2) is 6.73 Å². The Bertz CT molecular complexity index is 1010. The van der Waals surface area contributed by atoms with E-state index in [0.717, 1.165) is 36.9 Å². The Morgan fingerprint density at radius 1 is 1.26 bits per heavy atom. The first-order chi connectivity index (χ1) is 16.5. The Morgan fingerprint density at radius 2 is 2.06 bits per heavy atom. The molecule has 0 radical (unpaired) electrons. The highest BCUT2D eigenvalue weighted by molar-refractivity contribution is 5.88. The van der Waals surface area contributed by atoms with E-state index in [-0.39, 0.29) is 31.1 Å². The van der Waals surface area contributed by atoms with Crippen molar-refractivity contribution in [3.63, 3.8) is 0 Å². The monoisotopic (exact) mass is 468 g/mol. The molecular weight excluding hydrogens is 432 g/mol. The Morgan fingerprint density at radius 3 is 2.82 bits per heavy atom. The molecule has 0 saturated carbocycles. The quantitative estimate of drug-likeness (QED) is 0.364. The molecule has 3 rings (SSSR count). The maximum Gasteiger partial charge on any atom is 0.307 e. The third kappa shape index (κ3) is 6.25. The van der Waals surface area contributed by atoms with Crippen LogP contribution in [0.4, 0.5) is 5.82 Å². The molecule has 1 aliphatic rings. The highest BCUT2D eigenvalue weighted by Gasteiger charge is 2.32. The SMILES string of the molecule is CCCCCCCC(=O)OCn1ccc2c(N(C)[C@H]3CN(C(=O)CC#N)CC[C@H]3C)ncnc21. The number of piperidine rings is 1. The number of ether oxygens (including phenoxy) is 1. The summed E-state index contributed by atoms with van der Waals surface area (Å²) >= 11 is 0. The predicted molar refractivity (Wildman–Crippen MR) is 130 cm³/mol. The van der Waals surface area contributed by atoms with Crippen LogP contribution in [0.5, 0.6) is 0 Å². The van der Waals surface area contributed by atoms with Gasteiger partial charge in [0, 0.05) is 32.8 Å². The lowest BCUT2D eigenvalue weighted by Crippen LogP contribution is -2.52. The van der Waals surface area contributed by atoms with Gasteiger partial charge in [0.1, 0.15) is 24.2 Å². The van der Waals surface area contributed by atoms with Crippen molar-refractivity contribution < 1.29 is 14.3 Å². The number of nitriles is 1. The lowest BCUT2D eigenvalue weighted by atomic mass is 9.92. The number of fused-ring (bicyclic) bond motifs is 1. The standard InChI is InChI=1S/C25H36N6O3/c1-4-5-6-7-8-9-23(33)34-18-31-15-12-20-24(27-17-28-25(20)31)29(3)21-16-30(14-11-19(21)2)22(32)10-13-26/h12,15,17,19,21H,4-11,14,16,18H2,1-3H3/t19-,21+/m1/s1. The van der Waals surface area contributed by atoms with E-state index in [0.29, 0.717) is 31.1 Å². The maximum absolute atomic E-state index is 12.3. The van der Waals surface area contributed by atoms with E-state index >= 15 is 0 Å². The van der Waals surface area contributed by atoms with Gasteiger partial charge in [0.05, 0.1) is 17.5 Å². The molecule has 0 aliphatic carbocycles. The van der Waals surface area contributed by atoms with Crippen molar-refractivity contribution in [3.8, 4) is 6.07 Å². The summed E-state index contributed by atoms with van der Waals surface area (Å²) in [6.07, 6.45) is 10.0. The highest BCUT2D eigenvalue weighted by Crippen LogP contribution is 2.29. The number of likely N-dealkylation sites (N-methyl/N-ethyl adjacent to an activating group) is 1. The van der Waals surface area contributed by atoms with Gasteiger partial charge in [-0.1, -0.05) is 39.5 Å². The van der Waals surface area contributed by atoms with Gasteiger partial charge < -0.3 is 14.5 Å². The average molecular weight is 469 g/mol. The van der Waals surface area contributed by atoms with Crippen molar-refractivity contribution in [1.29, 1.82) is 5.26 Å². The summed E-state index contributed by atoms with van der Waals surface area (Å²) < 4.78 is 7.29. The zero-order valence-corrected chi connectivity index (χ0v) is 20.6. The van der Waals surface area contributed by atoms with Crippen LogP contribution in [0.3, 0.4) is 0 Å². The summed E-state index contributed by atoms with van der Waals surface area (Å²) in [5, 5.41) is 9.75. The zero-order chi connectivity index (χ0) is 24.5. The van der Waals surface area contributed by atoms with Crippen LogP contribution in [0, 0.1) is 17.2 Å². The molecule has 1 fully saturated rings. The first-order valence-electron chi connectivity index (χ1n) is 12.3. The van der Waals surface area contributed by atoms with Crippen molar-refractivity contribution in [2.45, 2.75) is 78.0 Å². The molecule has 0 bridgehead atoms. The molecule has 1 amide bonds. The van der Waals surface area contributed by atoms with Gasteiger partial charge in [0.25, 0.3) is 0 Å². The second-order valence-electron chi connectivity index (χ2n) is 9.15. The smallest absolute Gasteiger partial charge is 0.307 e. The number of aromatic nitrogens is 3. The molecular formula is C25H36N6O3. The number of nitrogens with zero attached hydrogens (tertiary/aromatic N) is 6. The molecule has 3 heterocycles. The first kappa shape index (κ1) is 25.5. The zero-order valence-electron chi connectivity index (χ0n) is 20.6. The van der Waals surface area contributed by atoms with E-state index in [1.807, 2.05) is 29.9 Å². The van der Waals surface area contributed by atoms with Gasteiger partial charge in [-0.05, 0) is 24.8 Å². The molecule has 2 atom stereocenters. The van der Waals surface area contributed by atoms with E-state index in [1.54, 1.807) is 4.90 Å². The van der Waals surface area contributed by atoms with Gasteiger partial charge in [-0.25, -0.2) is 9.97 Å². The van der Waals surface area contributed by atoms with Crippen molar-refractivity contribution in [2.24, 2.45) is 5.92 Å². The van der Waals surface area contributed by atoms with Gasteiger partial charge in [-0.3, -0.25) is 14.2 Å². The topological polar surface area (TPSA) is 104 Å². The van der Waals surface area contributed by atoms with E-state index in [4.69, 9.17) is 10.00 Å². The van der Waals surface area contributed by atoms with Crippen molar-refractivity contribution in [2.75, 3.05) is 25.0 Å². The number of esters is 1. The molecule has 0 aromatic carbocycles. The summed E-state index contributed by atoms with van der Waals surface area (Å²) in [5.41, 5.74) is 0.702. The van der Waals surface area contributed by atoms with Crippen LogP contribution >= 0.6 is 0 Å². The van der Waals surface area contributed by atoms with Crippen LogP contribution in [0.25, 0.3) is 11.0 Å². The minimum atomic E-state index is -0.192. The van der Waals surface area contributed by atoms with Gasteiger partial charge in [-0.15, -0.1) is 0 Å². The largest absolute Gasteiger partial charge is 0.444 e. The molecule has 0 N–H and O–H groups in total. The maximum atomic E-state index is 12.3. The Balaban J connectivity index is 1.66. The minimum absolute atomic E-state index is 0.0726. The number of likely N-dealkylation sites (tertiary alicyclic amines) is 1. The van der Waals surface area contributed by atoms with Crippen LogP contribution < -0.4 is 4.90 Å². The minimum Gasteiger partial charge on any atom is -0.444 e. The van der Waals surface area contributed by atoms with Crippen LogP contribution in [0.1, 0.15) is 65.2 Å². The fourth-order valence-corrected chi connectivity index (χ4v) is 4.58. The lowest BCUT2D eigenvalue weighted by Gasteiger charge is -2.42. The van der Waals surface area contributed by atoms with E-state index in [2.05, 4.69) is 28.7 Å². The molecule has 2 aromatic rings. The third-order valence-corrected chi connectivity index (χ3v) is 6.72. The normalized spacial score (nSPS) is 18.0. The summed E-state index contributed by atoms with van der Waals surface area (Å²) in [4.78, 5) is 37.2. The number of hydrogen-bond acceptors (Lipinski definition) is 7. The van der Waals surface area contributed by atoms with Gasteiger partial charge in [0.2, 0.25) is 5.91 Å². The second-order valence-corrected chi connectivity index (χ2v) is 9.15. The van der Waals surface area contributed by atoms with Crippen molar-refractivity contribution in [3.05, 3.63) is 18.6 Å². The van der Waals surface area contributed by atoms with Gasteiger partial charge in [-0.2, -0.15) is 5.26 Å². The van der Waals surface area contributed by atoms with Crippen molar-refractivity contribution >= 4 is 28.7 Å². The third-order valence-electron chi connectivity index (χ3n) is 6.72. The summed E-state index contributed by atoms with van der Waals surface area (Å²) in [7, 11) is 1.98. The predicted octanol–water partition coefficient (Wildman–Crippen LogP) is 3.88. The van der Waals surface area contributed by atoms with E-state index < -0.39 is 0 Å². The van der Waals surface area contributed by atoms with Crippen LogP contribution in [-0.4, -0.2) is 57.5 Å². The van der Waals surface area contributed by atoms with E-state index in [1.165, 1.54) is 19.2 Å². The number of rotatable bonds is 11. The second kappa shape index (κ2) is 12.4. The summed E-state index contributed by atoms with van der Waals surface area (Å²) in [6.45, 7) is 5.70. The fraction of sp³-hybridized carbons (Fsp3) is 0.640. The number of hydrogen-bond donors (Lipinski definition) is 0. The first-order valence-corrected chi connectivity index (χ1v) is 12.3. The molecule has 2 aromatic heterocycles. The lowest BCUT2D eigenvalue weighted by molar-refractivity contribution is -0.147. The molecule has 9 nitrogen and oxygen atoms in total. The number of anilines is 1. The molecule has 1 saturated heterocycles. The van der Waals surface area contributed by atoms with Crippen LogP contribution in [0.15, 0.2) is 18.6 Å². The molecule has 0 spiro atoms. The summed E-state index contributed by atoms with van der Waals surface area (Å²) in [5.74, 6) is 0.820. The van der Waals surface area contributed by atoms with Crippen LogP contribution in [0.2, 0.25) is 0 Å². The fourth-order valence-electron chi connectivity index (χ4n) is 4.58. The molecule has 34 heavy (non-hydrogen) atoms. The van der Waals surface area contributed by atoms with Gasteiger partial charge >= 0.3 is 5.97 Å². The molecule has 9 heteroatoms. The number of carbonyl (C=O) groups excluding carboxylic acids is 2. The van der Waals surface area contributed by atoms with Crippen LogP contribution in [-0.2, 0) is 21.1 Å². The Kier molecular flexibility index (Phi) is 9.25. The number of unbranched alkanes of at least 4 members (excludes halogenated alkanes) is 4. The summed E-state index contributed by atoms with van der Waals surface area (Å²) in [6, 6.07) is 3.96. The number of amides is 1. The van der Waals surface area contributed by atoms with E-state index in [9.17, 15) is 9.59 Å². The molecule has 184 valence electrons. The Hall–Kier alpha value is -3.15. The molecule has 1 aliphatic heterocycles. The van der Waals surface area contributed by atoms with Crippen molar-refractivity contribution in [1.82, 2.24) is 19.4 Å².